The Bertz CT molecular complexity index is 1430. The molecule has 12 heteroatoms. The summed E-state index contributed by atoms with van der Waals surface area (Å²) in [6, 6.07) is 9.55. The number of nitrogens with zero attached hydrogens (tertiary/aromatic N) is 2. The summed E-state index contributed by atoms with van der Waals surface area (Å²) < 4.78 is 5.85. The molecule has 198 valence electrons. The summed E-state index contributed by atoms with van der Waals surface area (Å²) in [5.41, 5.74) is 0.905. The van der Waals surface area contributed by atoms with Gasteiger partial charge in [-0.25, -0.2) is 0 Å². The molecule has 3 fully saturated rings. The number of allylic oxidation sites excluding steroid dienone is 2. The highest BCUT2D eigenvalue weighted by molar-refractivity contribution is 9.09. The van der Waals surface area contributed by atoms with Crippen LogP contribution in [0.2, 0.25) is 5.02 Å². The summed E-state index contributed by atoms with van der Waals surface area (Å²) in [6.45, 7) is -0.384. The Morgan fingerprint density at radius 3 is 2.34 bits per heavy atom. The van der Waals surface area contributed by atoms with Crippen LogP contribution in [0.5, 0.6) is 0 Å². The number of aliphatic hydroxyl groups is 1. The van der Waals surface area contributed by atoms with Gasteiger partial charge in [-0.3, -0.25) is 29.0 Å². The van der Waals surface area contributed by atoms with Crippen LogP contribution in [-0.2, 0) is 25.8 Å². The molecule has 2 saturated heterocycles. The van der Waals surface area contributed by atoms with Gasteiger partial charge in [-0.05, 0) is 55.2 Å². The molecule has 0 radical (unpaired) electrons. The molecular formula is C26H20BrCl3N2O6. The van der Waals surface area contributed by atoms with Gasteiger partial charge in [0.1, 0.15) is 18.1 Å². The fourth-order valence-corrected chi connectivity index (χ4v) is 8.08. The molecule has 1 aromatic carbocycles. The van der Waals surface area contributed by atoms with Gasteiger partial charge in [0.25, 0.3) is 11.8 Å². The molecule has 1 N–H and O–H groups in total. The van der Waals surface area contributed by atoms with E-state index in [9.17, 15) is 24.3 Å². The number of furan rings is 1. The van der Waals surface area contributed by atoms with E-state index >= 15 is 0 Å². The summed E-state index contributed by atoms with van der Waals surface area (Å²) in [5, 5.41) is 10.1. The van der Waals surface area contributed by atoms with Crippen molar-refractivity contribution in [2.75, 3.05) is 10.4 Å². The summed E-state index contributed by atoms with van der Waals surface area (Å²) in [4.78, 5) is 52.8. The molecule has 0 bridgehead atoms. The van der Waals surface area contributed by atoms with Crippen molar-refractivity contribution in [3.8, 4) is 0 Å². The summed E-state index contributed by atoms with van der Waals surface area (Å²) in [6.07, 6.45) is 1.95. The molecule has 8 nitrogen and oxygen atoms in total. The van der Waals surface area contributed by atoms with Gasteiger partial charge in [-0.15, -0.1) is 23.2 Å². The predicted molar refractivity (Wildman–Crippen MR) is 142 cm³/mol. The van der Waals surface area contributed by atoms with E-state index in [1.165, 1.54) is 0 Å². The first-order valence-corrected chi connectivity index (χ1v) is 14.2. The van der Waals surface area contributed by atoms with E-state index in [1.807, 2.05) is 6.08 Å². The van der Waals surface area contributed by atoms with Gasteiger partial charge in [0.15, 0.2) is 9.75 Å². The number of imide groups is 2. The maximum atomic E-state index is 13.9. The van der Waals surface area contributed by atoms with Crippen LogP contribution in [0.3, 0.4) is 0 Å². The molecule has 2 aromatic rings. The normalized spacial score (nSPS) is 34.4. The first-order valence-electron chi connectivity index (χ1n) is 11.9. The number of carbonyl (C=O) groups excluding carboxylic acids is 4. The Kier molecular flexibility index (Phi) is 6.12. The maximum Gasteiger partial charge on any atom is 0.254 e. The lowest BCUT2D eigenvalue weighted by molar-refractivity contribution is -0.138. The van der Waals surface area contributed by atoms with Gasteiger partial charge in [0.2, 0.25) is 11.8 Å². The third-order valence-corrected chi connectivity index (χ3v) is 10.4. The van der Waals surface area contributed by atoms with Crippen molar-refractivity contribution in [3.63, 3.8) is 0 Å². The second kappa shape index (κ2) is 8.93. The zero-order valence-electron chi connectivity index (χ0n) is 19.6. The number of amides is 4. The van der Waals surface area contributed by atoms with Crippen LogP contribution < -0.4 is 4.90 Å². The second-order valence-electron chi connectivity index (χ2n) is 9.94. The van der Waals surface area contributed by atoms with Crippen molar-refractivity contribution >= 4 is 80.0 Å². The van der Waals surface area contributed by atoms with E-state index in [1.54, 1.807) is 36.4 Å². The molecule has 0 spiro atoms. The Morgan fingerprint density at radius 2 is 1.71 bits per heavy atom. The van der Waals surface area contributed by atoms with Crippen molar-refractivity contribution in [2.45, 2.75) is 35.1 Å². The number of alkyl halides is 3. The van der Waals surface area contributed by atoms with Crippen molar-refractivity contribution in [2.24, 2.45) is 17.8 Å². The highest BCUT2D eigenvalue weighted by Gasteiger charge is 2.76. The average molecular weight is 643 g/mol. The number of fused-ring (bicyclic) bond motifs is 4. The predicted octanol–water partition coefficient (Wildman–Crippen LogP) is 4.34. The van der Waals surface area contributed by atoms with Crippen LogP contribution in [0.15, 0.2) is 52.5 Å². The summed E-state index contributed by atoms with van der Waals surface area (Å²) in [5.74, 6) is -4.78. The molecule has 4 amide bonds. The number of rotatable bonds is 4. The van der Waals surface area contributed by atoms with E-state index in [4.69, 9.17) is 39.2 Å². The van der Waals surface area contributed by atoms with E-state index in [2.05, 4.69) is 15.9 Å². The van der Waals surface area contributed by atoms with E-state index in [0.717, 1.165) is 9.80 Å². The van der Waals surface area contributed by atoms with Crippen LogP contribution in [0, 0.1) is 17.8 Å². The first-order chi connectivity index (χ1) is 18.1. The highest BCUT2D eigenvalue weighted by atomic mass is 79.9. The topological polar surface area (TPSA) is 108 Å². The SMILES string of the molecule is O=C1C2CC=C3C(CC4(Cl)C(=O)N(CBr)C(=O)C4(Cl)C3c3ccc(CO)o3)C2C(=O)N1c1ccc(Cl)cc1. The fourth-order valence-electron chi connectivity index (χ4n) is 6.54. The van der Waals surface area contributed by atoms with Gasteiger partial charge < -0.3 is 9.52 Å². The molecule has 3 heterocycles. The molecule has 6 atom stereocenters. The molecule has 1 saturated carbocycles. The molecule has 4 aliphatic rings. The number of carbonyl (C=O) groups is 4. The maximum absolute atomic E-state index is 13.9. The Morgan fingerprint density at radius 1 is 1.00 bits per heavy atom. The van der Waals surface area contributed by atoms with Crippen LogP contribution in [0.25, 0.3) is 0 Å². The number of aliphatic hydroxyl groups excluding tert-OH is 1. The Balaban J connectivity index is 1.50. The highest BCUT2D eigenvalue weighted by Crippen LogP contribution is 2.65. The van der Waals surface area contributed by atoms with Crippen molar-refractivity contribution in [3.05, 3.63) is 64.6 Å². The summed E-state index contributed by atoms with van der Waals surface area (Å²) >= 11 is 23.4. The quantitative estimate of drug-likeness (QED) is 0.230. The third-order valence-electron chi connectivity index (χ3n) is 8.22. The van der Waals surface area contributed by atoms with Crippen LogP contribution in [0.1, 0.15) is 30.3 Å². The number of hydrogen-bond acceptors (Lipinski definition) is 6. The molecule has 2 aliphatic heterocycles. The van der Waals surface area contributed by atoms with Gasteiger partial charge in [0.05, 0.1) is 28.9 Å². The van der Waals surface area contributed by atoms with E-state index < -0.39 is 51.1 Å². The molecule has 38 heavy (non-hydrogen) atoms. The molecular weight excluding hydrogens is 623 g/mol. The number of halogens is 4. The monoisotopic (exact) mass is 640 g/mol. The number of anilines is 1. The lowest BCUT2D eigenvalue weighted by atomic mass is 9.57. The minimum absolute atomic E-state index is 0.113. The minimum Gasteiger partial charge on any atom is -0.463 e. The number of benzene rings is 1. The van der Waals surface area contributed by atoms with E-state index in [0.29, 0.717) is 16.3 Å². The third kappa shape index (κ3) is 3.26. The Labute approximate surface area is 240 Å². The van der Waals surface area contributed by atoms with Crippen LogP contribution in [-0.4, -0.2) is 48.8 Å². The second-order valence-corrected chi connectivity index (χ2v) is 12.1. The van der Waals surface area contributed by atoms with E-state index in [-0.39, 0.29) is 42.3 Å². The lowest BCUT2D eigenvalue weighted by Gasteiger charge is -2.49. The number of hydrogen-bond donors (Lipinski definition) is 1. The van der Waals surface area contributed by atoms with Crippen molar-refractivity contribution in [1.82, 2.24) is 4.90 Å². The van der Waals surface area contributed by atoms with Gasteiger partial charge >= 0.3 is 0 Å². The van der Waals surface area contributed by atoms with Gasteiger partial charge in [-0.1, -0.05) is 39.2 Å². The lowest BCUT2D eigenvalue weighted by Crippen LogP contribution is -2.60. The van der Waals surface area contributed by atoms with Crippen molar-refractivity contribution in [1.29, 1.82) is 0 Å². The molecule has 1 aromatic heterocycles. The molecule has 6 rings (SSSR count). The van der Waals surface area contributed by atoms with Gasteiger partial charge in [-0.2, -0.15) is 0 Å². The van der Waals surface area contributed by atoms with Crippen LogP contribution >= 0.6 is 50.7 Å². The molecule has 6 unspecified atom stereocenters. The summed E-state index contributed by atoms with van der Waals surface area (Å²) in [7, 11) is 0. The first kappa shape index (κ1) is 26.1. The average Bonchev–Trinajstić information content (AvgIpc) is 3.51. The van der Waals surface area contributed by atoms with Crippen molar-refractivity contribution < 1.29 is 28.7 Å². The zero-order chi connectivity index (χ0) is 27.1. The minimum atomic E-state index is -1.94. The smallest absolute Gasteiger partial charge is 0.254 e. The van der Waals surface area contributed by atoms with Gasteiger partial charge in [0, 0.05) is 5.02 Å². The Hall–Kier alpha value is -2.17. The standard InChI is InChI=1S/C26H20BrCl3N2O6/c27-11-31-23(36)25(29)9-17-15(20(26(25,30)24(31)37)18-8-5-14(10-33)38-18)6-7-16-19(17)22(35)32(21(16)34)13-3-1-12(28)2-4-13/h1-6,8,16-17,19-20,33H,7,9-11H2. The zero-order valence-corrected chi connectivity index (χ0v) is 23.4. The largest absolute Gasteiger partial charge is 0.463 e. The van der Waals surface area contributed by atoms with Crippen LogP contribution in [0.4, 0.5) is 5.69 Å². The number of likely N-dealkylation sites (tertiary alicyclic amines) is 1. The molecule has 2 aliphatic carbocycles. The fraction of sp³-hybridized carbons (Fsp3) is 0.385.